The molecular formula is C10H3F5N2S2. The molecule has 2 nitrogen and oxygen atoms in total. The fourth-order valence-corrected chi connectivity index (χ4v) is 3.35. The van der Waals surface area contributed by atoms with E-state index in [4.69, 9.17) is 0 Å². The highest BCUT2D eigenvalue weighted by molar-refractivity contribution is 7.17. The number of halogens is 5. The van der Waals surface area contributed by atoms with Crippen LogP contribution in [0.3, 0.4) is 0 Å². The zero-order valence-corrected chi connectivity index (χ0v) is 10.4. The Bertz CT molecular complexity index is 752. The molecule has 3 rings (SSSR count). The summed E-state index contributed by atoms with van der Waals surface area (Å²) in [5.74, 6) is -0.947. The summed E-state index contributed by atoms with van der Waals surface area (Å²) in [6.07, 6.45) is -4.58. The van der Waals surface area contributed by atoms with Crippen LogP contribution in [-0.4, -0.2) is 9.97 Å². The number of H-pyrrole nitrogens is 1. The van der Waals surface area contributed by atoms with Crippen molar-refractivity contribution in [3.05, 3.63) is 27.5 Å². The lowest BCUT2D eigenvalue weighted by Gasteiger charge is -2.06. The zero-order chi connectivity index (χ0) is 13.8. The molecule has 0 unspecified atom stereocenters. The van der Waals surface area contributed by atoms with Crippen LogP contribution >= 0.6 is 22.7 Å². The van der Waals surface area contributed by atoms with Gasteiger partial charge < -0.3 is 4.98 Å². The summed E-state index contributed by atoms with van der Waals surface area (Å²) in [7, 11) is 0. The van der Waals surface area contributed by atoms with Gasteiger partial charge >= 0.3 is 6.18 Å². The maximum Gasteiger partial charge on any atom is 0.426 e. The molecule has 100 valence electrons. The Morgan fingerprint density at radius 3 is 2.63 bits per heavy atom. The molecule has 0 saturated heterocycles. The lowest BCUT2D eigenvalue weighted by atomic mass is 10.1. The molecule has 0 aliphatic carbocycles. The number of fused-ring (bicyclic) bond motifs is 1. The van der Waals surface area contributed by atoms with Crippen molar-refractivity contribution in [2.24, 2.45) is 0 Å². The SMILES string of the molecule is Fc1nc2[nH]c(F)c(-c3ccsc3C(F)(F)F)c2s1. The quantitative estimate of drug-likeness (QED) is 0.651. The third kappa shape index (κ3) is 1.93. The van der Waals surface area contributed by atoms with Gasteiger partial charge in [-0.3, -0.25) is 0 Å². The Labute approximate surface area is 110 Å². The third-order valence-electron chi connectivity index (χ3n) is 2.47. The molecule has 0 radical (unpaired) electrons. The number of thiazole rings is 1. The minimum atomic E-state index is -4.58. The smallest absolute Gasteiger partial charge is 0.315 e. The molecule has 3 aromatic rings. The topological polar surface area (TPSA) is 28.7 Å². The molecule has 3 aromatic heterocycles. The van der Waals surface area contributed by atoms with E-state index in [1.807, 2.05) is 0 Å². The van der Waals surface area contributed by atoms with Gasteiger partial charge in [-0.25, -0.2) is 0 Å². The van der Waals surface area contributed by atoms with Crippen LogP contribution in [0.2, 0.25) is 0 Å². The monoisotopic (exact) mass is 310 g/mol. The van der Waals surface area contributed by atoms with Crippen LogP contribution in [0, 0.1) is 11.2 Å². The summed E-state index contributed by atoms with van der Waals surface area (Å²) in [5, 5.41) is 0.389. The van der Waals surface area contributed by atoms with Gasteiger partial charge in [0, 0.05) is 5.56 Å². The highest BCUT2D eigenvalue weighted by atomic mass is 32.1. The molecule has 9 heteroatoms. The average Bonchev–Trinajstić information content (AvgIpc) is 2.90. The molecule has 0 fully saturated rings. The predicted octanol–water partition coefficient (Wildman–Crippen LogP) is 4.65. The van der Waals surface area contributed by atoms with E-state index in [-0.39, 0.29) is 21.5 Å². The van der Waals surface area contributed by atoms with Gasteiger partial charge in [0.05, 0.1) is 10.3 Å². The Balaban J connectivity index is 2.30. The van der Waals surface area contributed by atoms with Gasteiger partial charge in [-0.15, -0.1) is 11.3 Å². The van der Waals surface area contributed by atoms with E-state index < -0.39 is 22.3 Å². The number of alkyl halides is 3. The van der Waals surface area contributed by atoms with E-state index in [9.17, 15) is 22.0 Å². The van der Waals surface area contributed by atoms with Gasteiger partial charge in [0.1, 0.15) is 4.88 Å². The third-order valence-corrected chi connectivity index (χ3v) is 4.29. The number of hydrogen-bond donors (Lipinski definition) is 1. The van der Waals surface area contributed by atoms with Gasteiger partial charge in [-0.2, -0.15) is 26.9 Å². The number of nitrogens with zero attached hydrogens (tertiary/aromatic N) is 1. The second-order valence-corrected chi connectivity index (χ2v) is 5.49. The van der Waals surface area contributed by atoms with E-state index in [1.165, 1.54) is 5.38 Å². The van der Waals surface area contributed by atoms with Crippen LogP contribution in [-0.2, 0) is 6.18 Å². The molecule has 19 heavy (non-hydrogen) atoms. The van der Waals surface area contributed by atoms with E-state index in [0.717, 1.165) is 6.07 Å². The molecule has 0 spiro atoms. The molecule has 0 atom stereocenters. The van der Waals surface area contributed by atoms with E-state index in [0.29, 0.717) is 22.7 Å². The van der Waals surface area contributed by atoms with Crippen molar-refractivity contribution in [3.8, 4) is 11.1 Å². The van der Waals surface area contributed by atoms with Crippen molar-refractivity contribution in [2.45, 2.75) is 6.18 Å². The van der Waals surface area contributed by atoms with Crippen LogP contribution in [0.15, 0.2) is 11.4 Å². The van der Waals surface area contributed by atoms with Crippen molar-refractivity contribution < 1.29 is 22.0 Å². The second-order valence-electron chi connectivity index (χ2n) is 3.62. The van der Waals surface area contributed by atoms with Crippen molar-refractivity contribution in [1.82, 2.24) is 9.97 Å². The molecule has 0 aliphatic rings. The largest absolute Gasteiger partial charge is 0.426 e. The summed E-state index contributed by atoms with van der Waals surface area (Å²) in [6, 6.07) is 1.16. The Morgan fingerprint density at radius 2 is 1.95 bits per heavy atom. The van der Waals surface area contributed by atoms with E-state index in [2.05, 4.69) is 9.97 Å². The van der Waals surface area contributed by atoms with E-state index in [1.54, 1.807) is 0 Å². The normalized spacial score (nSPS) is 12.5. The van der Waals surface area contributed by atoms with Gasteiger partial charge in [-0.1, -0.05) is 11.3 Å². The minimum Gasteiger partial charge on any atom is -0.315 e. The first-order chi connectivity index (χ1) is 8.88. The lowest BCUT2D eigenvalue weighted by Crippen LogP contribution is -2.03. The predicted molar refractivity (Wildman–Crippen MR) is 62.2 cm³/mol. The van der Waals surface area contributed by atoms with Crippen LogP contribution in [0.25, 0.3) is 21.5 Å². The highest BCUT2D eigenvalue weighted by Gasteiger charge is 2.37. The molecule has 0 amide bonds. The average molecular weight is 310 g/mol. The summed E-state index contributed by atoms with van der Waals surface area (Å²) in [6.45, 7) is 0. The molecule has 3 heterocycles. The van der Waals surface area contributed by atoms with Crippen LogP contribution in [0.1, 0.15) is 4.88 Å². The van der Waals surface area contributed by atoms with Gasteiger partial charge in [-0.05, 0) is 11.4 Å². The summed E-state index contributed by atoms with van der Waals surface area (Å²) in [5.41, 5.74) is -0.677. The number of aromatic amines is 1. The van der Waals surface area contributed by atoms with Crippen molar-refractivity contribution in [1.29, 1.82) is 0 Å². The number of aromatic nitrogens is 2. The first-order valence-electron chi connectivity index (χ1n) is 4.86. The highest BCUT2D eigenvalue weighted by Crippen LogP contribution is 2.44. The number of nitrogens with one attached hydrogen (secondary N) is 1. The summed E-state index contributed by atoms with van der Waals surface area (Å²) in [4.78, 5) is 4.60. The molecule has 0 bridgehead atoms. The fourth-order valence-electron chi connectivity index (χ4n) is 1.78. The first-order valence-corrected chi connectivity index (χ1v) is 6.56. The van der Waals surface area contributed by atoms with Gasteiger partial charge in [0.2, 0.25) is 5.95 Å². The van der Waals surface area contributed by atoms with Crippen molar-refractivity contribution >= 4 is 33.0 Å². The molecule has 1 N–H and O–H groups in total. The van der Waals surface area contributed by atoms with Crippen LogP contribution in [0.4, 0.5) is 22.0 Å². The fraction of sp³-hybridized carbons (Fsp3) is 0.100. The minimum absolute atomic E-state index is 0.0406. The summed E-state index contributed by atoms with van der Waals surface area (Å²) >= 11 is 0.969. The van der Waals surface area contributed by atoms with E-state index >= 15 is 0 Å². The zero-order valence-electron chi connectivity index (χ0n) is 8.81. The van der Waals surface area contributed by atoms with Crippen molar-refractivity contribution in [2.75, 3.05) is 0 Å². The maximum atomic E-state index is 13.7. The maximum absolute atomic E-state index is 13.7. The molecule has 0 saturated carbocycles. The first kappa shape index (κ1) is 12.5. The summed E-state index contributed by atoms with van der Waals surface area (Å²) < 4.78 is 65.2. The van der Waals surface area contributed by atoms with Crippen LogP contribution in [0.5, 0.6) is 0 Å². The number of thiophene rings is 1. The van der Waals surface area contributed by atoms with Crippen molar-refractivity contribution in [3.63, 3.8) is 0 Å². The van der Waals surface area contributed by atoms with Gasteiger partial charge in [0.25, 0.3) is 5.26 Å². The molecular weight excluding hydrogens is 307 g/mol. The molecule has 0 aromatic carbocycles. The Morgan fingerprint density at radius 1 is 1.21 bits per heavy atom. The second kappa shape index (κ2) is 4.01. The Hall–Kier alpha value is -1.48. The Kier molecular flexibility index (Phi) is 2.65. The van der Waals surface area contributed by atoms with Gasteiger partial charge in [0.15, 0.2) is 5.65 Å². The standard InChI is InChI=1S/C10H3F5N2S2/c11-7-4(5-8(16-7)17-9(12)19-5)3-1-2-18-6(3)10(13,14)15/h1-2,16H. The number of rotatable bonds is 1. The lowest BCUT2D eigenvalue weighted by molar-refractivity contribution is -0.133. The number of hydrogen-bond acceptors (Lipinski definition) is 3. The molecule has 0 aliphatic heterocycles. The van der Waals surface area contributed by atoms with Crippen LogP contribution < -0.4 is 0 Å².